The van der Waals surface area contributed by atoms with Crippen LogP contribution in [0.4, 0.5) is 19.0 Å². The van der Waals surface area contributed by atoms with Crippen molar-refractivity contribution in [3.05, 3.63) is 65.5 Å². The molecule has 0 aliphatic carbocycles. The Balaban J connectivity index is 1.43. The van der Waals surface area contributed by atoms with Gasteiger partial charge in [-0.2, -0.15) is 13.2 Å². The number of nitrogens with zero attached hydrogens (tertiary/aromatic N) is 4. The molecule has 0 saturated carbocycles. The van der Waals surface area contributed by atoms with Crippen molar-refractivity contribution in [3.63, 3.8) is 0 Å². The number of hydrogen-bond acceptors (Lipinski definition) is 7. The maximum Gasteiger partial charge on any atom is 0.433 e. The molecule has 34 heavy (non-hydrogen) atoms. The molecule has 1 fully saturated rings. The average molecular weight is 492 g/mol. The minimum Gasteiger partial charge on any atom is -0.455 e. The van der Waals surface area contributed by atoms with Gasteiger partial charge >= 0.3 is 6.18 Å². The molecule has 0 spiro atoms. The third kappa shape index (κ3) is 6.07. The summed E-state index contributed by atoms with van der Waals surface area (Å²) in [7, 11) is 0. The lowest BCUT2D eigenvalue weighted by atomic mass is 10.0. The summed E-state index contributed by atoms with van der Waals surface area (Å²) in [5.74, 6) is 0.632. The molecule has 1 aliphatic rings. The van der Waals surface area contributed by atoms with Gasteiger partial charge in [-0.15, -0.1) is 0 Å². The predicted octanol–water partition coefficient (Wildman–Crippen LogP) is 5.08. The van der Waals surface area contributed by atoms with Crippen LogP contribution in [0.5, 0.6) is 0 Å². The number of carbonyl (C=O) groups excluding carboxylic acids is 1. The lowest BCUT2D eigenvalue weighted by Crippen LogP contribution is -2.38. The number of aromatic nitrogens is 3. The van der Waals surface area contributed by atoms with Crippen LogP contribution in [0.25, 0.3) is 0 Å². The number of rotatable bonds is 7. The van der Waals surface area contributed by atoms with Crippen LogP contribution in [-0.2, 0) is 18.5 Å². The maximum atomic E-state index is 13.5. The molecule has 0 unspecified atom stereocenters. The number of amides is 1. The molecule has 4 rings (SSSR count). The predicted molar refractivity (Wildman–Crippen MR) is 121 cm³/mol. The van der Waals surface area contributed by atoms with Gasteiger partial charge in [0.05, 0.1) is 5.75 Å². The van der Waals surface area contributed by atoms with Gasteiger partial charge in [0.2, 0.25) is 0 Å². The lowest BCUT2D eigenvalue weighted by Gasteiger charge is -2.34. The fourth-order valence-electron chi connectivity index (χ4n) is 3.69. The zero-order valence-electron chi connectivity index (χ0n) is 18.5. The minimum atomic E-state index is -4.57. The van der Waals surface area contributed by atoms with E-state index in [0.717, 1.165) is 42.7 Å². The van der Waals surface area contributed by atoms with Gasteiger partial charge in [-0.1, -0.05) is 17.8 Å². The molecule has 0 radical (unpaired) electrons. The topological polar surface area (TPSA) is 84.2 Å². The summed E-state index contributed by atoms with van der Waals surface area (Å²) in [4.78, 5) is 26.3. The Bertz CT molecular complexity index is 1120. The van der Waals surface area contributed by atoms with E-state index in [9.17, 15) is 18.0 Å². The highest BCUT2D eigenvalue weighted by atomic mass is 32.2. The summed E-state index contributed by atoms with van der Waals surface area (Å²) in [5, 5.41) is 2.76. The highest BCUT2D eigenvalue weighted by Crippen LogP contribution is 2.34. The summed E-state index contributed by atoms with van der Waals surface area (Å²) in [5.41, 5.74) is -0.119. The van der Waals surface area contributed by atoms with Crippen LogP contribution in [-0.4, -0.2) is 33.4 Å². The second-order valence-electron chi connectivity index (χ2n) is 8.03. The molecule has 1 N–H and O–H groups in total. The van der Waals surface area contributed by atoms with E-state index in [1.807, 2.05) is 17.9 Å². The normalized spacial score (nSPS) is 16.5. The van der Waals surface area contributed by atoms with Crippen molar-refractivity contribution in [2.24, 2.45) is 0 Å². The van der Waals surface area contributed by atoms with Crippen LogP contribution in [0, 0.1) is 0 Å². The molecule has 1 amide bonds. The first-order valence-corrected chi connectivity index (χ1v) is 11.9. The molecule has 1 saturated heterocycles. The van der Waals surface area contributed by atoms with Crippen molar-refractivity contribution in [1.29, 1.82) is 0 Å². The van der Waals surface area contributed by atoms with E-state index in [1.54, 1.807) is 24.5 Å². The first kappa shape index (κ1) is 24.1. The van der Waals surface area contributed by atoms with Gasteiger partial charge in [0.25, 0.3) is 5.91 Å². The Labute approximate surface area is 199 Å². The van der Waals surface area contributed by atoms with Crippen molar-refractivity contribution in [2.45, 2.75) is 55.9 Å². The summed E-state index contributed by atoms with van der Waals surface area (Å²) in [6.07, 6.45) is 1.59. The second-order valence-corrected chi connectivity index (χ2v) is 8.97. The zero-order valence-corrected chi connectivity index (χ0v) is 19.3. The average Bonchev–Trinajstić information content (AvgIpc) is 3.31. The summed E-state index contributed by atoms with van der Waals surface area (Å²) >= 11 is 1.04. The molecule has 0 aromatic carbocycles. The molecular weight excluding hydrogens is 467 g/mol. The Morgan fingerprint density at radius 2 is 2.12 bits per heavy atom. The largest absolute Gasteiger partial charge is 0.455 e. The zero-order chi connectivity index (χ0) is 24.1. The standard InChI is InChI=1S/C23H24F3N5O2S/c1-15-5-2-3-10-31(15)20-11-19(23(24,25)26)29-22(30-20)34-14-17-7-8-18(33-17)21(32)28-13-16-6-4-9-27-12-16/h4,6-9,11-12,15H,2-3,5,10,13-14H2,1H3,(H,28,32)/t15-/m1/s1. The van der Waals surface area contributed by atoms with Crippen LogP contribution in [0.3, 0.4) is 0 Å². The number of furan rings is 1. The van der Waals surface area contributed by atoms with E-state index in [2.05, 4.69) is 20.3 Å². The number of thioether (sulfide) groups is 1. The van der Waals surface area contributed by atoms with E-state index in [1.165, 1.54) is 6.07 Å². The monoisotopic (exact) mass is 491 g/mol. The molecular formula is C23H24F3N5O2S. The summed E-state index contributed by atoms with van der Waals surface area (Å²) < 4.78 is 46.0. The molecule has 1 aliphatic heterocycles. The van der Waals surface area contributed by atoms with Crippen LogP contribution in [0.1, 0.15) is 53.8 Å². The van der Waals surface area contributed by atoms with Crippen molar-refractivity contribution in [2.75, 3.05) is 11.4 Å². The maximum absolute atomic E-state index is 13.5. The van der Waals surface area contributed by atoms with Crippen molar-refractivity contribution >= 4 is 23.5 Å². The number of anilines is 1. The number of nitrogens with one attached hydrogen (secondary N) is 1. The van der Waals surface area contributed by atoms with Gasteiger partial charge in [-0.3, -0.25) is 9.78 Å². The molecule has 7 nitrogen and oxygen atoms in total. The molecule has 1 atom stereocenters. The van der Waals surface area contributed by atoms with Crippen molar-refractivity contribution < 1.29 is 22.4 Å². The highest BCUT2D eigenvalue weighted by Gasteiger charge is 2.35. The van der Waals surface area contributed by atoms with Gasteiger partial charge in [-0.05, 0) is 49.9 Å². The molecule has 3 aromatic heterocycles. The quantitative estimate of drug-likeness (QED) is 0.364. The molecule has 0 bridgehead atoms. The third-order valence-corrected chi connectivity index (χ3v) is 6.35. The third-order valence-electron chi connectivity index (χ3n) is 5.48. The van der Waals surface area contributed by atoms with E-state index in [-0.39, 0.29) is 28.5 Å². The van der Waals surface area contributed by atoms with E-state index in [4.69, 9.17) is 4.42 Å². The lowest BCUT2D eigenvalue weighted by molar-refractivity contribution is -0.141. The fourth-order valence-corrected chi connectivity index (χ4v) is 4.44. The number of piperidine rings is 1. The Hall–Kier alpha value is -3.08. The van der Waals surface area contributed by atoms with Gasteiger partial charge in [0, 0.05) is 37.6 Å². The molecule has 11 heteroatoms. The number of hydrogen-bond donors (Lipinski definition) is 1. The van der Waals surface area contributed by atoms with Gasteiger partial charge in [0.1, 0.15) is 11.6 Å². The molecule has 4 heterocycles. The Morgan fingerprint density at radius 1 is 1.26 bits per heavy atom. The smallest absolute Gasteiger partial charge is 0.433 e. The van der Waals surface area contributed by atoms with Crippen LogP contribution >= 0.6 is 11.8 Å². The molecule has 3 aromatic rings. The van der Waals surface area contributed by atoms with E-state index < -0.39 is 17.8 Å². The van der Waals surface area contributed by atoms with Crippen LogP contribution < -0.4 is 10.2 Å². The SMILES string of the molecule is C[C@@H]1CCCCN1c1cc(C(F)(F)F)nc(SCc2ccc(C(=O)NCc3cccnc3)o2)n1. The van der Waals surface area contributed by atoms with Gasteiger partial charge < -0.3 is 14.6 Å². The van der Waals surface area contributed by atoms with Crippen LogP contribution in [0.15, 0.2) is 52.3 Å². The van der Waals surface area contributed by atoms with Gasteiger partial charge in [0.15, 0.2) is 16.6 Å². The van der Waals surface area contributed by atoms with Crippen molar-refractivity contribution in [3.8, 4) is 0 Å². The first-order chi connectivity index (χ1) is 16.3. The van der Waals surface area contributed by atoms with Crippen LogP contribution in [0.2, 0.25) is 0 Å². The summed E-state index contributed by atoms with van der Waals surface area (Å²) in [6.45, 7) is 2.95. The molecule has 180 valence electrons. The number of carbonyl (C=O) groups is 1. The number of alkyl halides is 3. The first-order valence-electron chi connectivity index (χ1n) is 10.9. The van der Waals surface area contributed by atoms with Gasteiger partial charge in [-0.25, -0.2) is 9.97 Å². The van der Waals surface area contributed by atoms with E-state index in [0.29, 0.717) is 18.8 Å². The number of pyridine rings is 1. The van der Waals surface area contributed by atoms with E-state index >= 15 is 0 Å². The highest BCUT2D eigenvalue weighted by molar-refractivity contribution is 7.98. The Morgan fingerprint density at radius 3 is 2.85 bits per heavy atom. The summed E-state index contributed by atoms with van der Waals surface area (Å²) in [6, 6.07) is 7.89. The fraction of sp³-hybridized carbons (Fsp3) is 0.391. The second kappa shape index (κ2) is 10.5. The minimum absolute atomic E-state index is 0.0153. The van der Waals surface area contributed by atoms with Crippen molar-refractivity contribution in [1.82, 2.24) is 20.3 Å². The Kier molecular flexibility index (Phi) is 7.40. The number of halogens is 3.